The molecule has 1 aromatic heterocycles. The quantitative estimate of drug-likeness (QED) is 0.389. The molecular weight excluding hydrogens is 469 g/mol. The number of nitrogens with one attached hydrogen (secondary N) is 2. The fourth-order valence-electron chi connectivity index (χ4n) is 3.33. The van der Waals surface area contributed by atoms with E-state index in [1.807, 2.05) is 4.57 Å². The lowest BCUT2D eigenvalue weighted by molar-refractivity contribution is -0.119. The molecular formula is C22H21ClFN5O3S. The van der Waals surface area contributed by atoms with Crippen molar-refractivity contribution in [2.75, 3.05) is 12.4 Å². The van der Waals surface area contributed by atoms with Gasteiger partial charge in [0.25, 0.3) is 5.91 Å². The highest BCUT2D eigenvalue weighted by Gasteiger charge is 2.22. The lowest BCUT2D eigenvalue weighted by Gasteiger charge is -2.14. The van der Waals surface area contributed by atoms with Crippen LogP contribution in [0.5, 0.6) is 0 Å². The van der Waals surface area contributed by atoms with Gasteiger partial charge in [-0.15, -0.1) is 10.2 Å². The third kappa shape index (κ3) is 6.10. The van der Waals surface area contributed by atoms with E-state index in [1.54, 1.807) is 36.4 Å². The van der Waals surface area contributed by atoms with E-state index in [1.165, 1.54) is 23.9 Å². The first-order valence-corrected chi connectivity index (χ1v) is 11.6. The molecule has 4 rings (SSSR count). The molecule has 0 radical (unpaired) electrons. The Kier molecular flexibility index (Phi) is 7.58. The number of nitrogens with zero attached hydrogens (tertiary/aromatic N) is 3. The van der Waals surface area contributed by atoms with Crippen molar-refractivity contribution >= 4 is 35.2 Å². The van der Waals surface area contributed by atoms with Crippen molar-refractivity contribution in [3.63, 3.8) is 0 Å². The fraction of sp³-hybridized carbons (Fsp3) is 0.273. The summed E-state index contributed by atoms with van der Waals surface area (Å²) in [5, 5.41) is 9.53. The van der Waals surface area contributed by atoms with E-state index in [2.05, 4.69) is 21.0 Å². The van der Waals surface area contributed by atoms with Gasteiger partial charge in [0.05, 0.1) is 18.4 Å². The lowest BCUT2D eigenvalue weighted by atomic mass is 10.2. The number of ether oxygens (including phenoxy) is 1. The molecule has 0 saturated carbocycles. The Labute approximate surface area is 198 Å². The van der Waals surface area contributed by atoms with E-state index < -0.39 is 11.8 Å². The number of amides is 2. The highest BCUT2D eigenvalue weighted by molar-refractivity contribution is 7.99. The van der Waals surface area contributed by atoms with Crippen LogP contribution < -0.4 is 10.9 Å². The summed E-state index contributed by atoms with van der Waals surface area (Å²) in [6.07, 6.45) is 1.92. The maximum atomic E-state index is 13.4. The van der Waals surface area contributed by atoms with E-state index in [0.717, 1.165) is 12.8 Å². The van der Waals surface area contributed by atoms with Gasteiger partial charge >= 0.3 is 0 Å². The molecule has 0 spiro atoms. The molecule has 0 aliphatic carbocycles. The van der Waals surface area contributed by atoms with Crippen molar-refractivity contribution in [1.29, 1.82) is 0 Å². The smallest absolute Gasteiger partial charge is 0.269 e. The number of aromatic nitrogens is 3. The Morgan fingerprint density at radius 1 is 1.12 bits per heavy atom. The zero-order valence-corrected chi connectivity index (χ0v) is 19.0. The van der Waals surface area contributed by atoms with Gasteiger partial charge in [0.15, 0.2) is 11.0 Å². The van der Waals surface area contributed by atoms with Gasteiger partial charge in [-0.1, -0.05) is 23.4 Å². The van der Waals surface area contributed by atoms with Crippen LogP contribution in [0.25, 0.3) is 11.4 Å². The highest BCUT2D eigenvalue weighted by atomic mass is 35.5. The van der Waals surface area contributed by atoms with Crippen LogP contribution in [0, 0.1) is 5.82 Å². The average Bonchev–Trinajstić information content (AvgIpc) is 3.47. The number of hydrazine groups is 1. The minimum atomic E-state index is -0.454. The van der Waals surface area contributed by atoms with Crippen LogP contribution >= 0.6 is 23.4 Å². The van der Waals surface area contributed by atoms with E-state index >= 15 is 0 Å². The summed E-state index contributed by atoms with van der Waals surface area (Å²) in [6, 6.07) is 12.3. The summed E-state index contributed by atoms with van der Waals surface area (Å²) in [7, 11) is 0. The van der Waals surface area contributed by atoms with Gasteiger partial charge in [0.2, 0.25) is 5.91 Å². The van der Waals surface area contributed by atoms with Crippen LogP contribution in [0.4, 0.5) is 4.39 Å². The molecule has 33 heavy (non-hydrogen) atoms. The molecule has 3 aromatic rings. The topological polar surface area (TPSA) is 98.1 Å². The minimum Gasteiger partial charge on any atom is -0.376 e. The molecule has 1 aliphatic heterocycles. The van der Waals surface area contributed by atoms with Crippen molar-refractivity contribution < 1.29 is 18.7 Å². The Morgan fingerprint density at radius 3 is 2.58 bits per heavy atom. The fourth-order valence-corrected chi connectivity index (χ4v) is 4.20. The summed E-state index contributed by atoms with van der Waals surface area (Å²) in [6.45, 7) is 1.23. The largest absolute Gasteiger partial charge is 0.376 e. The summed E-state index contributed by atoms with van der Waals surface area (Å²) >= 11 is 7.00. The molecule has 2 N–H and O–H groups in total. The van der Waals surface area contributed by atoms with Crippen LogP contribution in [-0.2, 0) is 16.1 Å². The first-order chi connectivity index (χ1) is 16.0. The summed E-state index contributed by atoms with van der Waals surface area (Å²) in [5.41, 5.74) is 5.84. The van der Waals surface area contributed by atoms with Crippen molar-refractivity contribution in [2.24, 2.45) is 0 Å². The van der Waals surface area contributed by atoms with Gasteiger partial charge in [-0.25, -0.2) is 4.39 Å². The molecule has 1 atom stereocenters. The molecule has 2 heterocycles. The SMILES string of the molecule is O=C(CSc1nnc(-c2ccc(F)cc2)n1C[C@@H]1CCCO1)NNC(=O)c1ccc(Cl)cc1. The number of thioether (sulfide) groups is 1. The summed E-state index contributed by atoms with van der Waals surface area (Å²) in [4.78, 5) is 24.4. The maximum absolute atomic E-state index is 13.4. The van der Waals surface area contributed by atoms with Crippen molar-refractivity contribution in [3.8, 4) is 11.4 Å². The molecule has 1 aliphatic rings. The average molecular weight is 490 g/mol. The first-order valence-electron chi connectivity index (χ1n) is 10.3. The third-order valence-corrected chi connectivity index (χ3v) is 6.20. The maximum Gasteiger partial charge on any atom is 0.269 e. The number of rotatable bonds is 7. The zero-order chi connectivity index (χ0) is 23.2. The van der Waals surface area contributed by atoms with E-state index in [9.17, 15) is 14.0 Å². The van der Waals surface area contributed by atoms with Gasteiger partial charge in [-0.2, -0.15) is 0 Å². The third-order valence-electron chi connectivity index (χ3n) is 4.98. The second-order valence-corrected chi connectivity index (χ2v) is 8.74. The van der Waals surface area contributed by atoms with Gasteiger partial charge in [0.1, 0.15) is 5.82 Å². The first kappa shape index (κ1) is 23.2. The minimum absolute atomic E-state index is 0.00791. The molecule has 1 saturated heterocycles. The van der Waals surface area contributed by atoms with Crippen LogP contribution in [0.1, 0.15) is 23.2 Å². The van der Waals surface area contributed by atoms with Gasteiger partial charge in [-0.05, 0) is 61.4 Å². The zero-order valence-electron chi connectivity index (χ0n) is 17.5. The Morgan fingerprint density at radius 2 is 1.88 bits per heavy atom. The lowest BCUT2D eigenvalue weighted by Crippen LogP contribution is -2.42. The highest BCUT2D eigenvalue weighted by Crippen LogP contribution is 2.26. The van der Waals surface area contributed by atoms with Gasteiger partial charge < -0.3 is 4.74 Å². The molecule has 11 heteroatoms. The molecule has 8 nitrogen and oxygen atoms in total. The number of hydrogen-bond acceptors (Lipinski definition) is 6. The normalized spacial score (nSPS) is 15.4. The predicted octanol–water partition coefficient (Wildman–Crippen LogP) is 3.47. The Hall–Kier alpha value is -2.95. The number of carbonyl (C=O) groups is 2. The number of hydrogen-bond donors (Lipinski definition) is 2. The molecule has 0 unspecified atom stereocenters. The molecule has 0 bridgehead atoms. The monoisotopic (exact) mass is 489 g/mol. The van der Waals surface area contributed by atoms with E-state index in [4.69, 9.17) is 16.3 Å². The Balaban J connectivity index is 1.40. The number of benzene rings is 2. The van der Waals surface area contributed by atoms with Crippen molar-refractivity contribution in [3.05, 3.63) is 64.9 Å². The number of carbonyl (C=O) groups excluding carboxylic acids is 2. The van der Waals surface area contributed by atoms with Crippen LogP contribution in [0.15, 0.2) is 53.7 Å². The molecule has 2 amide bonds. The number of halogens is 2. The van der Waals surface area contributed by atoms with E-state index in [0.29, 0.717) is 40.3 Å². The van der Waals surface area contributed by atoms with Crippen LogP contribution in [0.2, 0.25) is 5.02 Å². The summed E-state index contributed by atoms with van der Waals surface area (Å²) < 4.78 is 21.0. The second kappa shape index (κ2) is 10.8. The van der Waals surface area contributed by atoms with Gasteiger partial charge in [0, 0.05) is 22.8 Å². The molecule has 1 fully saturated rings. The predicted molar refractivity (Wildman–Crippen MR) is 122 cm³/mol. The van der Waals surface area contributed by atoms with Gasteiger partial charge in [-0.3, -0.25) is 25.0 Å². The molecule has 2 aromatic carbocycles. The van der Waals surface area contributed by atoms with Crippen molar-refractivity contribution in [2.45, 2.75) is 30.6 Å². The van der Waals surface area contributed by atoms with Crippen LogP contribution in [0.3, 0.4) is 0 Å². The summed E-state index contributed by atoms with van der Waals surface area (Å²) in [5.74, 6) is -0.615. The standard InChI is InChI=1S/C22H21ClFN5O3S/c23-16-7-3-15(4-8-16)21(31)27-25-19(30)13-33-22-28-26-20(14-5-9-17(24)10-6-14)29(22)12-18-2-1-11-32-18/h3-10,18H,1-2,11-13H2,(H,25,30)(H,27,31)/t18-/m0/s1. The second-order valence-electron chi connectivity index (χ2n) is 7.36. The van der Waals surface area contributed by atoms with Crippen LogP contribution in [-0.4, -0.2) is 45.0 Å². The molecule has 172 valence electrons. The Bertz CT molecular complexity index is 1120. The van der Waals surface area contributed by atoms with E-state index in [-0.39, 0.29) is 17.7 Å². The van der Waals surface area contributed by atoms with Crippen molar-refractivity contribution in [1.82, 2.24) is 25.6 Å².